The Kier molecular flexibility index (Phi) is 8.80. The van der Waals surface area contributed by atoms with Crippen molar-refractivity contribution in [1.29, 1.82) is 0 Å². The molecule has 0 aromatic heterocycles. The summed E-state index contributed by atoms with van der Waals surface area (Å²) in [5.74, 6) is -1.65. The maximum absolute atomic E-state index is 11.4. The van der Waals surface area contributed by atoms with E-state index in [1.807, 2.05) is 12.1 Å². The molecule has 3 N–H and O–H groups in total. The molecule has 0 aliphatic rings. The lowest BCUT2D eigenvalue weighted by atomic mass is 10.1. The van der Waals surface area contributed by atoms with Gasteiger partial charge in [-0.2, -0.15) is 0 Å². The highest BCUT2D eigenvalue weighted by atomic mass is 16.5. The van der Waals surface area contributed by atoms with Crippen molar-refractivity contribution >= 4 is 23.9 Å². The SMILES string of the molecule is COc1cccc(/C=C/C(=O)O)c1.Cc1ccccc1C(=O)NCC(=O)O. The predicted molar refractivity (Wildman–Crippen MR) is 101 cm³/mol. The number of hydrogen-bond acceptors (Lipinski definition) is 4. The number of benzene rings is 2. The van der Waals surface area contributed by atoms with E-state index in [0.717, 1.165) is 17.2 Å². The highest BCUT2D eigenvalue weighted by Gasteiger charge is 2.08. The number of carboxylic acids is 2. The third-order valence-electron chi connectivity index (χ3n) is 3.30. The molecule has 2 aromatic rings. The van der Waals surface area contributed by atoms with Crippen molar-refractivity contribution in [3.8, 4) is 5.75 Å². The van der Waals surface area contributed by atoms with Gasteiger partial charge in [-0.3, -0.25) is 9.59 Å². The Hall–Kier alpha value is -3.61. The lowest BCUT2D eigenvalue weighted by Gasteiger charge is -2.04. The summed E-state index contributed by atoms with van der Waals surface area (Å²) in [5, 5.41) is 19.0. The minimum absolute atomic E-state index is 0.354. The van der Waals surface area contributed by atoms with Crippen LogP contribution in [-0.2, 0) is 9.59 Å². The first-order valence-electron chi connectivity index (χ1n) is 7.94. The van der Waals surface area contributed by atoms with Crippen LogP contribution in [0.4, 0.5) is 0 Å². The van der Waals surface area contributed by atoms with Crippen LogP contribution in [0.5, 0.6) is 5.75 Å². The molecule has 27 heavy (non-hydrogen) atoms. The third kappa shape index (κ3) is 8.35. The number of rotatable bonds is 6. The van der Waals surface area contributed by atoms with Crippen LogP contribution < -0.4 is 10.1 Å². The summed E-state index contributed by atoms with van der Waals surface area (Å²) < 4.78 is 4.98. The van der Waals surface area contributed by atoms with Crippen LogP contribution in [0.15, 0.2) is 54.6 Å². The molecule has 0 atom stereocenters. The van der Waals surface area contributed by atoms with Crippen molar-refractivity contribution < 1.29 is 29.3 Å². The van der Waals surface area contributed by atoms with E-state index in [1.54, 1.807) is 50.4 Å². The number of aliphatic carboxylic acids is 2. The van der Waals surface area contributed by atoms with Gasteiger partial charge in [-0.15, -0.1) is 0 Å². The fourth-order valence-corrected chi connectivity index (χ4v) is 1.99. The Morgan fingerprint density at radius 2 is 1.78 bits per heavy atom. The first kappa shape index (κ1) is 21.4. The summed E-state index contributed by atoms with van der Waals surface area (Å²) in [6.07, 6.45) is 2.61. The smallest absolute Gasteiger partial charge is 0.328 e. The third-order valence-corrected chi connectivity index (χ3v) is 3.30. The first-order valence-corrected chi connectivity index (χ1v) is 7.94. The fourth-order valence-electron chi connectivity index (χ4n) is 1.99. The number of carbonyl (C=O) groups excluding carboxylic acids is 1. The lowest BCUT2D eigenvalue weighted by molar-refractivity contribution is -0.136. The second kappa shape index (κ2) is 11.1. The summed E-state index contributed by atoms with van der Waals surface area (Å²) in [5.41, 5.74) is 2.14. The molecule has 1 amide bonds. The van der Waals surface area contributed by atoms with Crippen LogP contribution in [0, 0.1) is 6.92 Å². The molecule has 0 bridgehead atoms. The van der Waals surface area contributed by atoms with Crippen LogP contribution in [0.2, 0.25) is 0 Å². The molecule has 0 radical (unpaired) electrons. The maximum atomic E-state index is 11.4. The van der Waals surface area contributed by atoms with Crippen molar-refractivity contribution in [3.05, 3.63) is 71.3 Å². The van der Waals surface area contributed by atoms with E-state index in [9.17, 15) is 14.4 Å². The highest BCUT2D eigenvalue weighted by molar-refractivity contribution is 5.97. The molecule has 0 aliphatic heterocycles. The average molecular weight is 371 g/mol. The van der Waals surface area contributed by atoms with Crippen molar-refractivity contribution in [1.82, 2.24) is 5.32 Å². The number of aryl methyl sites for hydroxylation is 1. The molecule has 0 fully saturated rings. The van der Waals surface area contributed by atoms with E-state index >= 15 is 0 Å². The van der Waals surface area contributed by atoms with Crippen molar-refractivity contribution in [2.24, 2.45) is 0 Å². The maximum Gasteiger partial charge on any atom is 0.328 e. The van der Waals surface area contributed by atoms with Crippen LogP contribution in [0.1, 0.15) is 21.5 Å². The van der Waals surface area contributed by atoms with Gasteiger partial charge in [0.05, 0.1) is 7.11 Å². The molecular weight excluding hydrogens is 350 g/mol. The van der Waals surface area contributed by atoms with E-state index in [1.165, 1.54) is 6.08 Å². The van der Waals surface area contributed by atoms with Gasteiger partial charge >= 0.3 is 11.9 Å². The number of nitrogens with one attached hydrogen (secondary N) is 1. The molecule has 0 heterocycles. The van der Waals surface area contributed by atoms with Gasteiger partial charge in [0.15, 0.2) is 0 Å². The second-order valence-corrected chi connectivity index (χ2v) is 5.34. The highest BCUT2D eigenvalue weighted by Crippen LogP contribution is 2.13. The van der Waals surface area contributed by atoms with E-state index in [-0.39, 0.29) is 12.5 Å². The van der Waals surface area contributed by atoms with E-state index < -0.39 is 11.9 Å². The van der Waals surface area contributed by atoms with Gasteiger partial charge < -0.3 is 20.3 Å². The average Bonchev–Trinajstić information content (AvgIpc) is 2.65. The Morgan fingerprint density at radius 3 is 2.37 bits per heavy atom. The zero-order valence-electron chi connectivity index (χ0n) is 15.0. The Morgan fingerprint density at radius 1 is 1.07 bits per heavy atom. The molecule has 142 valence electrons. The number of carboxylic acid groups (broad SMARTS) is 2. The fraction of sp³-hybridized carbons (Fsp3) is 0.150. The van der Waals surface area contributed by atoms with Gasteiger partial charge in [0, 0.05) is 11.6 Å². The van der Waals surface area contributed by atoms with Crippen LogP contribution in [0.3, 0.4) is 0 Å². The molecule has 2 rings (SSSR count). The number of hydrogen-bond donors (Lipinski definition) is 3. The normalized spacial score (nSPS) is 9.85. The van der Waals surface area contributed by atoms with Gasteiger partial charge in [0.1, 0.15) is 12.3 Å². The largest absolute Gasteiger partial charge is 0.497 e. The monoisotopic (exact) mass is 371 g/mol. The molecule has 0 aliphatic carbocycles. The van der Waals surface area contributed by atoms with Gasteiger partial charge in [0.2, 0.25) is 0 Å². The Balaban J connectivity index is 0.000000271. The molecular formula is C20H21NO6. The zero-order chi connectivity index (χ0) is 20.2. The molecule has 0 spiro atoms. The van der Waals surface area contributed by atoms with Crippen LogP contribution in [-0.4, -0.2) is 41.7 Å². The van der Waals surface area contributed by atoms with Crippen molar-refractivity contribution in [2.75, 3.05) is 13.7 Å². The molecule has 0 saturated heterocycles. The Labute approximate surface area is 156 Å². The lowest BCUT2D eigenvalue weighted by Crippen LogP contribution is -2.29. The number of ether oxygens (including phenoxy) is 1. The summed E-state index contributed by atoms with van der Waals surface area (Å²) in [6, 6.07) is 14.2. The van der Waals surface area contributed by atoms with E-state index in [2.05, 4.69) is 5.32 Å². The number of amides is 1. The minimum atomic E-state index is -1.05. The number of methoxy groups -OCH3 is 1. The minimum Gasteiger partial charge on any atom is -0.497 e. The first-order chi connectivity index (χ1) is 12.8. The Bertz CT molecular complexity index is 829. The molecule has 2 aromatic carbocycles. The second-order valence-electron chi connectivity index (χ2n) is 5.34. The molecule has 7 nitrogen and oxygen atoms in total. The van der Waals surface area contributed by atoms with Crippen molar-refractivity contribution in [3.63, 3.8) is 0 Å². The van der Waals surface area contributed by atoms with Gasteiger partial charge in [-0.1, -0.05) is 30.3 Å². The molecule has 0 saturated carbocycles. The zero-order valence-corrected chi connectivity index (χ0v) is 15.0. The summed E-state index contributed by atoms with van der Waals surface area (Å²) in [7, 11) is 1.57. The van der Waals surface area contributed by atoms with Crippen molar-refractivity contribution in [2.45, 2.75) is 6.92 Å². The van der Waals surface area contributed by atoms with Gasteiger partial charge in [0.25, 0.3) is 5.91 Å². The number of carbonyl (C=O) groups is 3. The standard InChI is InChI=1S/C10H11NO3.C10H10O3/c1-7-4-2-3-5-8(7)10(14)11-6-9(12)13;1-13-9-4-2-3-8(7-9)5-6-10(11)12/h2-5H,6H2,1H3,(H,11,14)(H,12,13);2-7H,1H3,(H,11,12)/b;6-5+. The summed E-state index contributed by atoms with van der Waals surface area (Å²) in [6.45, 7) is 1.45. The quantitative estimate of drug-likeness (QED) is 0.673. The van der Waals surface area contributed by atoms with Gasteiger partial charge in [-0.25, -0.2) is 4.79 Å². The van der Waals surface area contributed by atoms with E-state index in [4.69, 9.17) is 14.9 Å². The molecule has 7 heteroatoms. The summed E-state index contributed by atoms with van der Waals surface area (Å²) in [4.78, 5) is 31.8. The van der Waals surface area contributed by atoms with Gasteiger partial charge in [-0.05, 0) is 42.3 Å². The summed E-state index contributed by atoms with van der Waals surface area (Å²) >= 11 is 0. The topological polar surface area (TPSA) is 113 Å². The molecule has 0 unspecified atom stereocenters. The predicted octanol–water partition coefficient (Wildman–Crippen LogP) is 2.60. The van der Waals surface area contributed by atoms with E-state index in [0.29, 0.717) is 11.3 Å². The van der Waals surface area contributed by atoms with Crippen LogP contribution >= 0.6 is 0 Å². The van der Waals surface area contributed by atoms with Crippen LogP contribution in [0.25, 0.3) is 6.08 Å².